The van der Waals surface area contributed by atoms with E-state index < -0.39 is 11.7 Å². The minimum absolute atomic E-state index is 0.00532. The van der Waals surface area contributed by atoms with Crippen molar-refractivity contribution in [2.75, 3.05) is 5.32 Å². The standard InChI is InChI=1S/C21H23F2N5O2/c1-4-13-11-28(16-8-17(25-12(2)29)24-10-15(13)16)18-9-19(30-14-6-5-7-14)27-20(26-18)21(3,22)23/h8-11,14H,4-7H2,1-3H3,(H,24,25,29). The van der Waals surface area contributed by atoms with Gasteiger partial charge in [-0.15, -0.1) is 0 Å². The zero-order valence-electron chi connectivity index (χ0n) is 17.1. The average molecular weight is 415 g/mol. The van der Waals surface area contributed by atoms with Crippen LogP contribution in [0.15, 0.2) is 24.5 Å². The van der Waals surface area contributed by atoms with Gasteiger partial charge in [0, 0.05) is 43.8 Å². The topological polar surface area (TPSA) is 81.9 Å². The Bertz CT molecular complexity index is 1100. The summed E-state index contributed by atoms with van der Waals surface area (Å²) in [6.07, 6.45) is 7.05. The van der Waals surface area contributed by atoms with E-state index in [1.165, 1.54) is 6.92 Å². The summed E-state index contributed by atoms with van der Waals surface area (Å²) in [4.78, 5) is 23.8. The van der Waals surface area contributed by atoms with Crippen LogP contribution in [0.5, 0.6) is 5.88 Å². The predicted molar refractivity (Wildman–Crippen MR) is 108 cm³/mol. The number of amides is 1. The number of aromatic nitrogens is 4. The van der Waals surface area contributed by atoms with E-state index in [9.17, 15) is 13.6 Å². The Morgan fingerprint density at radius 3 is 2.70 bits per heavy atom. The summed E-state index contributed by atoms with van der Waals surface area (Å²) < 4.78 is 35.7. The van der Waals surface area contributed by atoms with Gasteiger partial charge in [-0.2, -0.15) is 13.8 Å². The molecule has 3 aromatic heterocycles. The van der Waals surface area contributed by atoms with E-state index >= 15 is 0 Å². The maximum atomic E-state index is 14.1. The van der Waals surface area contributed by atoms with Crippen LogP contribution in [0.25, 0.3) is 16.7 Å². The summed E-state index contributed by atoms with van der Waals surface area (Å²) in [7, 11) is 0. The highest BCUT2D eigenvalue weighted by molar-refractivity contribution is 5.92. The van der Waals surface area contributed by atoms with E-state index in [1.54, 1.807) is 22.9 Å². The third-order valence-corrected chi connectivity index (χ3v) is 5.13. The van der Waals surface area contributed by atoms with Gasteiger partial charge in [0.25, 0.3) is 0 Å². The Hall–Kier alpha value is -3.10. The molecular formula is C21H23F2N5O2. The van der Waals surface area contributed by atoms with Crippen LogP contribution in [0, 0.1) is 0 Å². The molecule has 0 atom stereocenters. The molecule has 0 unspecified atom stereocenters. The molecule has 1 aliphatic carbocycles. The first-order chi connectivity index (χ1) is 14.2. The van der Waals surface area contributed by atoms with Gasteiger partial charge in [-0.3, -0.25) is 4.79 Å². The van der Waals surface area contributed by atoms with Gasteiger partial charge in [0.15, 0.2) is 0 Å². The Morgan fingerprint density at radius 1 is 1.33 bits per heavy atom. The van der Waals surface area contributed by atoms with Crippen LogP contribution in [0.4, 0.5) is 14.6 Å². The molecule has 1 amide bonds. The minimum Gasteiger partial charge on any atom is -0.474 e. The number of aryl methyl sites for hydroxylation is 1. The molecule has 0 bridgehead atoms. The van der Waals surface area contributed by atoms with Gasteiger partial charge < -0.3 is 14.6 Å². The number of nitrogens with zero attached hydrogens (tertiary/aromatic N) is 4. The number of fused-ring (bicyclic) bond motifs is 1. The molecule has 9 heteroatoms. The normalized spacial score (nSPS) is 14.6. The zero-order valence-corrected chi connectivity index (χ0v) is 17.1. The molecule has 0 saturated heterocycles. The fourth-order valence-corrected chi connectivity index (χ4v) is 3.36. The van der Waals surface area contributed by atoms with Crippen LogP contribution < -0.4 is 10.1 Å². The summed E-state index contributed by atoms with van der Waals surface area (Å²) >= 11 is 0. The second-order valence-electron chi connectivity index (χ2n) is 7.59. The number of nitrogens with one attached hydrogen (secondary N) is 1. The minimum atomic E-state index is -3.22. The number of hydrogen-bond acceptors (Lipinski definition) is 5. The molecule has 1 N–H and O–H groups in total. The highest BCUT2D eigenvalue weighted by Crippen LogP contribution is 2.32. The third-order valence-electron chi connectivity index (χ3n) is 5.13. The number of rotatable bonds is 6. The van der Waals surface area contributed by atoms with E-state index in [-0.39, 0.29) is 23.7 Å². The van der Waals surface area contributed by atoms with Crippen molar-refractivity contribution in [2.45, 2.75) is 58.5 Å². The molecular weight excluding hydrogens is 392 g/mol. The molecule has 3 aromatic rings. The van der Waals surface area contributed by atoms with Crippen LogP contribution >= 0.6 is 0 Å². The lowest BCUT2D eigenvalue weighted by atomic mass is 9.96. The number of pyridine rings is 1. The Kier molecular flexibility index (Phi) is 5.13. The summed E-state index contributed by atoms with van der Waals surface area (Å²) in [6, 6.07) is 3.28. The summed E-state index contributed by atoms with van der Waals surface area (Å²) in [5.74, 6) is -3.27. The number of ether oxygens (including phenoxy) is 1. The van der Waals surface area contributed by atoms with Crippen molar-refractivity contribution in [3.8, 4) is 11.7 Å². The molecule has 1 aliphatic rings. The maximum Gasteiger partial charge on any atom is 0.304 e. The molecule has 0 radical (unpaired) electrons. The van der Waals surface area contributed by atoms with Crippen LogP contribution in [0.2, 0.25) is 0 Å². The first-order valence-corrected chi connectivity index (χ1v) is 9.96. The first-order valence-electron chi connectivity index (χ1n) is 9.96. The molecule has 158 valence electrons. The quantitative estimate of drug-likeness (QED) is 0.646. The highest BCUT2D eigenvalue weighted by Gasteiger charge is 2.31. The number of carbonyl (C=O) groups excluding carboxylic acids is 1. The molecule has 7 nitrogen and oxygen atoms in total. The van der Waals surface area contributed by atoms with Crippen molar-refractivity contribution in [3.63, 3.8) is 0 Å². The Balaban J connectivity index is 1.87. The first kappa shape index (κ1) is 20.2. The molecule has 1 saturated carbocycles. The second kappa shape index (κ2) is 7.62. The lowest BCUT2D eigenvalue weighted by Crippen LogP contribution is -2.26. The summed E-state index contributed by atoms with van der Waals surface area (Å²) in [5.41, 5.74) is 1.68. The lowest BCUT2D eigenvalue weighted by molar-refractivity contribution is -0.114. The van der Waals surface area contributed by atoms with Crippen molar-refractivity contribution in [1.29, 1.82) is 0 Å². The zero-order chi connectivity index (χ0) is 21.5. The number of halogens is 2. The summed E-state index contributed by atoms with van der Waals surface area (Å²) in [6.45, 7) is 4.16. The van der Waals surface area contributed by atoms with Gasteiger partial charge in [-0.05, 0) is 31.2 Å². The fraction of sp³-hybridized carbons (Fsp3) is 0.429. The molecule has 0 aliphatic heterocycles. The van der Waals surface area contributed by atoms with E-state index in [1.807, 2.05) is 13.1 Å². The van der Waals surface area contributed by atoms with Crippen LogP contribution in [-0.4, -0.2) is 31.5 Å². The predicted octanol–water partition coefficient (Wildman–Crippen LogP) is 4.38. The highest BCUT2D eigenvalue weighted by atomic mass is 19.3. The largest absolute Gasteiger partial charge is 0.474 e. The van der Waals surface area contributed by atoms with Crippen molar-refractivity contribution in [1.82, 2.24) is 19.5 Å². The summed E-state index contributed by atoms with van der Waals surface area (Å²) in [5, 5.41) is 3.51. The van der Waals surface area contributed by atoms with Crippen molar-refractivity contribution >= 4 is 22.6 Å². The Labute approximate surface area is 172 Å². The van der Waals surface area contributed by atoms with E-state index in [4.69, 9.17) is 4.74 Å². The molecule has 4 rings (SSSR count). The fourth-order valence-electron chi connectivity index (χ4n) is 3.36. The molecule has 0 aromatic carbocycles. The number of alkyl halides is 2. The molecule has 0 spiro atoms. The lowest BCUT2D eigenvalue weighted by Gasteiger charge is -2.26. The Morgan fingerprint density at radius 2 is 2.10 bits per heavy atom. The van der Waals surface area contributed by atoms with E-state index in [0.717, 1.165) is 43.6 Å². The van der Waals surface area contributed by atoms with Crippen LogP contribution in [0.3, 0.4) is 0 Å². The average Bonchev–Trinajstić information content (AvgIpc) is 3.01. The van der Waals surface area contributed by atoms with Crippen molar-refractivity contribution < 1.29 is 18.3 Å². The van der Waals surface area contributed by atoms with Gasteiger partial charge in [0.1, 0.15) is 17.7 Å². The van der Waals surface area contributed by atoms with Crippen LogP contribution in [0.1, 0.15) is 51.4 Å². The van der Waals surface area contributed by atoms with Gasteiger partial charge in [-0.25, -0.2) is 9.97 Å². The molecule has 1 fully saturated rings. The van der Waals surface area contributed by atoms with Crippen molar-refractivity contribution in [3.05, 3.63) is 35.9 Å². The van der Waals surface area contributed by atoms with Gasteiger partial charge in [-0.1, -0.05) is 6.92 Å². The second-order valence-corrected chi connectivity index (χ2v) is 7.59. The smallest absolute Gasteiger partial charge is 0.304 e. The number of carbonyl (C=O) groups is 1. The maximum absolute atomic E-state index is 14.1. The SMILES string of the molecule is CCc1cn(-c2cc(OC3CCC3)nc(C(C)(F)F)n2)c2cc(NC(C)=O)ncc12. The molecule has 3 heterocycles. The molecule has 30 heavy (non-hydrogen) atoms. The van der Waals surface area contributed by atoms with Crippen molar-refractivity contribution in [2.24, 2.45) is 0 Å². The van der Waals surface area contributed by atoms with E-state index in [0.29, 0.717) is 11.3 Å². The van der Waals surface area contributed by atoms with E-state index in [2.05, 4.69) is 20.3 Å². The van der Waals surface area contributed by atoms with Gasteiger partial charge in [0.05, 0.1) is 5.52 Å². The third kappa shape index (κ3) is 3.96. The number of hydrogen-bond donors (Lipinski definition) is 1. The van der Waals surface area contributed by atoms with Crippen LogP contribution in [-0.2, 0) is 17.1 Å². The number of anilines is 1. The monoisotopic (exact) mass is 415 g/mol. The van der Waals surface area contributed by atoms with Gasteiger partial charge >= 0.3 is 5.92 Å². The van der Waals surface area contributed by atoms with Gasteiger partial charge in [0.2, 0.25) is 17.6 Å².